The molecule has 1 saturated carbocycles. The van der Waals surface area contributed by atoms with Gasteiger partial charge in [-0.3, -0.25) is 19.1 Å². The number of nitrogens with zero attached hydrogens (tertiary/aromatic N) is 6. The molecule has 2 fully saturated rings. The highest BCUT2D eigenvalue weighted by Gasteiger charge is 2.72. The number of anilines is 1. The van der Waals surface area contributed by atoms with Gasteiger partial charge in [-0.15, -0.1) is 13.2 Å². The summed E-state index contributed by atoms with van der Waals surface area (Å²) in [5, 5.41) is 8.28. The molecule has 1 aliphatic heterocycles. The van der Waals surface area contributed by atoms with E-state index in [1.54, 1.807) is 40.2 Å². The first-order valence-corrected chi connectivity index (χ1v) is 16.7. The van der Waals surface area contributed by atoms with Crippen LogP contribution >= 0.6 is 15.9 Å². The van der Waals surface area contributed by atoms with Crippen molar-refractivity contribution in [2.45, 2.75) is 59.2 Å². The maximum atomic E-state index is 14.5. The lowest BCUT2D eigenvalue weighted by Gasteiger charge is -2.28. The van der Waals surface area contributed by atoms with E-state index in [1.807, 2.05) is 32.0 Å². The number of hydrogen-bond donors (Lipinski definition) is 1. The van der Waals surface area contributed by atoms with Gasteiger partial charge in [-0.2, -0.15) is 5.10 Å². The van der Waals surface area contributed by atoms with Gasteiger partial charge in [0, 0.05) is 41.7 Å². The van der Waals surface area contributed by atoms with Crippen molar-refractivity contribution in [2.24, 2.45) is 11.3 Å². The van der Waals surface area contributed by atoms with Crippen molar-refractivity contribution in [2.75, 3.05) is 18.5 Å². The molecule has 2 aliphatic rings. The molecule has 0 bridgehead atoms. The fourth-order valence-corrected chi connectivity index (χ4v) is 7.45. The monoisotopic (exact) mass is 711 g/mol. The highest BCUT2D eigenvalue weighted by atomic mass is 79.9. The third kappa shape index (κ3) is 5.99. The number of pyridine rings is 1. The van der Waals surface area contributed by atoms with Crippen molar-refractivity contribution in [3.8, 4) is 11.1 Å². The molecule has 3 aromatic heterocycles. The van der Waals surface area contributed by atoms with E-state index in [4.69, 9.17) is 4.74 Å². The van der Waals surface area contributed by atoms with Gasteiger partial charge in [-0.25, -0.2) is 15.0 Å². The minimum absolute atomic E-state index is 0.124. The number of hydrogen-bond acceptors (Lipinski definition) is 8. The van der Waals surface area contributed by atoms with Gasteiger partial charge in [0.2, 0.25) is 11.8 Å². The van der Waals surface area contributed by atoms with E-state index in [9.17, 15) is 14.4 Å². The zero-order valence-corrected chi connectivity index (χ0v) is 29.1. The van der Waals surface area contributed by atoms with Crippen molar-refractivity contribution in [1.29, 1.82) is 0 Å². The Morgan fingerprint density at radius 3 is 2.56 bits per heavy atom. The summed E-state index contributed by atoms with van der Waals surface area (Å²) in [6, 6.07) is 6.61. The summed E-state index contributed by atoms with van der Waals surface area (Å²) >= 11 is 3.38. The van der Waals surface area contributed by atoms with Crippen LogP contribution in [0, 0.1) is 25.2 Å². The maximum absolute atomic E-state index is 14.5. The zero-order valence-electron chi connectivity index (χ0n) is 27.5. The van der Waals surface area contributed by atoms with Crippen LogP contribution < -0.4 is 5.32 Å². The van der Waals surface area contributed by atoms with Crippen LogP contribution in [0.15, 0.2) is 66.6 Å². The van der Waals surface area contributed by atoms with Crippen LogP contribution in [0.5, 0.6) is 0 Å². The SMILES string of the molecule is C=CCOC[C@@]12C[C@@H](C(=O)Nc3nc(Br)ccc3C)N(C(=O)Cn3nc(C(C)=O)c4cc(-c5cnc(C)nc5)cc(CC=C)c43)C1[C@@H]2C. The average Bonchev–Trinajstić information content (AvgIpc) is 3.31. The molecule has 4 aromatic rings. The number of carbonyl (C=O) groups excluding carboxylic acids is 3. The zero-order chi connectivity index (χ0) is 34.3. The fourth-order valence-electron chi connectivity index (χ4n) is 7.15. The van der Waals surface area contributed by atoms with Gasteiger partial charge in [0.15, 0.2) is 5.78 Å². The van der Waals surface area contributed by atoms with Crippen LogP contribution in [0.1, 0.15) is 47.7 Å². The van der Waals surface area contributed by atoms with Gasteiger partial charge < -0.3 is 15.0 Å². The lowest BCUT2D eigenvalue weighted by Crippen LogP contribution is -2.47. The summed E-state index contributed by atoms with van der Waals surface area (Å²) in [7, 11) is 0. The van der Waals surface area contributed by atoms with Gasteiger partial charge in [0.05, 0.1) is 18.7 Å². The molecule has 1 unspecified atom stereocenters. The molecule has 2 amide bonds. The Labute approximate surface area is 287 Å². The first-order chi connectivity index (χ1) is 23.0. The summed E-state index contributed by atoms with van der Waals surface area (Å²) in [5.74, 6) is 0.400. The number of allylic oxidation sites excluding steroid dienone is 1. The number of carbonyl (C=O) groups is 3. The summed E-state index contributed by atoms with van der Waals surface area (Å²) in [6.07, 6.45) is 7.88. The second-order valence-electron chi connectivity index (χ2n) is 12.7. The molecule has 0 spiro atoms. The Morgan fingerprint density at radius 2 is 1.88 bits per heavy atom. The molecule has 1 N–H and O–H groups in total. The van der Waals surface area contributed by atoms with Crippen molar-refractivity contribution < 1.29 is 19.1 Å². The highest BCUT2D eigenvalue weighted by molar-refractivity contribution is 9.10. The molecule has 48 heavy (non-hydrogen) atoms. The van der Waals surface area contributed by atoms with E-state index in [-0.39, 0.29) is 47.2 Å². The number of fused-ring (bicyclic) bond motifs is 2. The van der Waals surface area contributed by atoms with Crippen LogP contribution in [-0.4, -0.2) is 72.5 Å². The van der Waals surface area contributed by atoms with E-state index < -0.39 is 6.04 Å². The lowest BCUT2D eigenvalue weighted by molar-refractivity contribution is -0.138. The Balaban J connectivity index is 1.38. The Kier molecular flexibility index (Phi) is 9.14. The average molecular weight is 713 g/mol. The molecule has 11 nitrogen and oxygen atoms in total. The molecular weight excluding hydrogens is 674 g/mol. The molecule has 248 valence electrons. The molecule has 0 radical (unpaired) electrons. The van der Waals surface area contributed by atoms with Gasteiger partial charge in [0.25, 0.3) is 0 Å². The Morgan fingerprint density at radius 1 is 1.12 bits per heavy atom. The topological polar surface area (TPSA) is 132 Å². The number of benzene rings is 1. The molecule has 6 rings (SSSR count). The molecule has 4 atom stereocenters. The number of aryl methyl sites for hydroxylation is 2. The highest BCUT2D eigenvalue weighted by Crippen LogP contribution is 2.64. The normalized spacial score (nSPS) is 21.2. The second kappa shape index (κ2) is 13.2. The Hall–Kier alpha value is -4.55. The minimum Gasteiger partial charge on any atom is -0.377 e. The second-order valence-corrected chi connectivity index (χ2v) is 13.5. The predicted molar refractivity (Wildman–Crippen MR) is 186 cm³/mol. The minimum atomic E-state index is -0.749. The van der Waals surface area contributed by atoms with Crippen molar-refractivity contribution in [3.05, 3.63) is 89.2 Å². The molecule has 1 saturated heterocycles. The van der Waals surface area contributed by atoms with Crippen molar-refractivity contribution >= 4 is 50.2 Å². The van der Waals surface area contributed by atoms with Crippen molar-refractivity contribution in [1.82, 2.24) is 29.6 Å². The van der Waals surface area contributed by atoms with Gasteiger partial charge in [0.1, 0.15) is 34.5 Å². The van der Waals surface area contributed by atoms with Gasteiger partial charge >= 0.3 is 0 Å². The van der Waals surface area contributed by atoms with E-state index in [0.29, 0.717) is 53.2 Å². The number of nitrogens with one attached hydrogen (secondary N) is 1. The standard InChI is InChI=1S/C36H38BrN7O4/c1-7-9-24-13-25(26-16-38-23(6)39-17-26)14-27-31(22(5)45)42-43(32(24)27)18-30(46)44-28(15-36(19-48-12-8-2)21(4)33(36)44)35(47)41-34-20(3)10-11-29(37)40-34/h7-8,10-11,13-14,16-17,21,28,33H,1-2,9,12,15,18-19H2,3-6H3,(H,40,41,47)/t21-,28-,33?,36+/m0/s1. The van der Waals surface area contributed by atoms with Gasteiger partial charge in [-0.1, -0.05) is 25.1 Å². The summed E-state index contributed by atoms with van der Waals surface area (Å²) in [6.45, 7) is 15.6. The van der Waals surface area contributed by atoms with Crippen LogP contribution in [0.25, 0.3) is 22.0 Å². The number of halogens is 1. The van der Waals surface area contributed by atoms with E-state index >= 15 is 0 Å². The quantitative estimate of drug-likeness (QED) is 0.0864. The molecule has 12 heteroatoms. The van der Waals surface area contributed by atoms with E-state index in [2.05, 4.69) is 61.4 Å². The molecular formula is C36H38BrN7O4. The van der Waals surface area contributed by atoms with E-state index in [0.717, 1.165) is 22.3 Å². The number of ketones is 1. The largest absolute Gasteiger partial charge is 0.377 e. The number of piperidine rings is 1. The fraction of sp³-hybridized carbons (Fsp3) is 0.361. The number of amides is 2. The maximum Gasteiger partial charge on any atom is 0.248 e. The number of rotatable bonds is 12. The first kappa shape index (κ1) is 33.4. The third-order valence-electron chi connectivity index (χ3n) is 9.59. The first-order valence-electron chi connectivity index (χ1n) is 15.9. The lowest BCUT2D eigenvalue weighted by atomic mass is 9.96. The summed E-state index contributed by atoms with van der Waals surface area (Å²) in [4.78, 5) is 56.1. The number of aromatic nitrogens is 5. The van der Waals surface area contributed by atoms with E-state index in [1.165, 1.54) is 6.92 Å². The smallest absolute Gasteiger partial charge is 0.248 e. The summed E-state index contributed by atoms with van der Waals surface area (Å²) in [5.41, 5.74) is 3.85. The van der Waals surface area contributed by atoms with Gasteiger partial charge in [-0.05, 0) is 83.4 Å². The number of ether oxygens (including phenoxy) is 1. The Bertz CT molecular complexity index is 1960. The third-order valence-corrected chi connectivity index (χ3v) is 10.0. The predicted octanol–water partition coefficient (Wildman–Crippen LogP) is 5.65. The van der Waals surface area contributed by atoms with Crippen LogP contribution in [0.2, 0.25) is 0 Å². The number of Topliss-reactive ketones (excluding diaryl/α,β-unsaturated/α-hetero) is 1. The number of likely N-dealkylation sites (tertiary alicyclic amines) is 1. The van der Waals surface area contributed by atoms with Crippen molar-refractivity contribution in [3.63, 3.8) is 0 Å². The van der Waals surface area contributed by atoms with Crippen LogP contribution in [-0.2, 0) is 27.3 Å². The molecule has 1 aromatic carbocycles. The summed E-state index contributed by atoms with van der Waals surface area (Å²) < 4.78 is 8.10. The van der Waals surface area contributed by atoms with Crippen LogP contribution in [0.3, 0.4) is 0 Å². The molecule has 1 aliphatic carbocycles. The molecule has 4 heterocycles. The van der Waals surface area contributed by atoms with Crippen LogP contribution in [0.4, 0.5) is 5.82 Å².